The van der Waals surface area contributed by atoms with Gasteiger partial charge < -0.3 is 14.4 Å². The van der Waals surface area contributed by atoms with Crippen LogP contribution in [0.5, 0.6) is 5.88 Å². The van der Waals surface area contributed by atoms with E-state index in [1.807, 2.05) is 0 Å². The summed E-state index contributed by atoms with van der Waals surface area (Å²) in [4.78, 5) is 26.2. The predicted octanol–water partition coefficient (Wildman–Crippen LogP) is 1.00. The Hall–Kier alpha value is -2.63. The van der Waals surface area contributed by atoms with E-state index in [9.17, 15) is 9.59 Å². The maximum absolute atomic E-state index is 11.5. The second-order valence-corrected chi connectivity index (χ2v) is 3.86. The standard InChI is InChI=1S/C13H12N2O4/c1-19-11-6-9(4-5-14-11)10-2-3-12(16)15(7-10)8-13(17)18/h2-7H,8H2,1H3,(H,17,18). The predicted molar refractivity (Wildman–Crippen MR) is 68.1 cm³/mol. The van der Waals surface area contributed by atoms with E-state index in [1.165, 1.54) is 19.4 Å². The molecule has 2 aromatic rings. The molecule has 6 heteroatoms. The molecular weight excluding hydrogens is 248 g/mol. The normalized spacial score (nSPS) is 10.2. The number of rotatable bonds is 4. The van der Waals surface area contributed by atoms with Crippen LogP contribution in [0.4, 0.5) is 0 Å². The summed E-state index contributed by atoms with van der Waals surface area (Å²) in [6.07, 6.45) is 3.09. The van der Waals surface area contributed by atoms with Crippen molar-refractivity contribution in [1.82, 2.24) is 9.55 Å². The molecule has 2 aromatic heterocycles. The zero-order chi connectivity index (χ0) is 13.8. The molecule has 6 nitrogen and oxygen atoms in total. The van der Waals surface area contributed by atoms with Gasteiger partial charge in [-0.05, 0) is 23.3 Å². The molecule has 2 heterocycles. The van der Waals surface area contributed by atoms with Crippen LogP contribution in [-0.4, -0.2) is 27.7 Å². The Bertz CT molecular complexity index is 664. The van der Waals surface area contributed by atoms with Crippen LogP contribution in [0.15, 0.2) is 41.5 Å². The Kier molecular flexibility index (Phi) is 3.61. The first-order valence-corrected chi connectivity index (χ1v) is 5.53. The van der Waals surface area contributed by atoms with Gasteiger partial charge >= 0.3 is 5.97 Å². The summed E-state index contributed by atoms with van der Waals surface area (Å²) in [7, 11) is 1.51. The highest BCUT2D eigenvalue weighted by Crippen LogP contribution is 2.20. The molecule has 0 unspecified atom stereocenters. The van der Waals surface area contributed by atoms with Gasteiger partial charge in [-0.15, -0.1) is 0 Å². The second kappa shape index (κ2) is 5.34. The molecule has 0 aliphatic carbocycles. The molecule has 0 aliphatic rings. The molecule has 0 radical (unpaired) electrons. The molecule has 0 saturated heterocycles. The quantitative estimate of drug-likeness (QED) is 0.887. The number of carbonyl (C=O) groups is 1. The van der Waals surface area contributed by atoms with Crippen LogP contribution >= 0.6 is 0 Å². The lowest BCUT2D eigenvalue weighted by Gasteiger charge is -2.07. The fourth-order valence-corrected chi connectivity index (χ4v) is 1.67. The minimum absolute atomic E-state index is 0.354. The van der Waals surface area contributed by atoms with Crippen molar-refractivity contribution >= 4 is 5.97 Å². The third-order valence-corrected chi connectivity index (χ3v) is 2.57. The number of hydrogen-bond donors (Lipinski definition) is 1. The van der Waals surface area contributed by atoms with Gasteiger partial charge in [0.1, 0.15) is 6.54 Å². The second-order valence-electron chi connectivity index (χ2n) is 3.86. The maximum atomic E-state index is 11.5. The number of pyridine rings is 2. The first-order chi connectivity index (χ1) is 9.10. The number of carboxylic acid groups (broad SMARTS) is 1. The molecule has 0 bridgehead atoms. The molecule has 0 fully saturated rings. The minimum atomic E-state index is -1.06. The number of carboxylic acids is 1. The van der Waals surface area contributed by atoms with Crippen molar-refractivity contribution in [2.24, 2.45) is 0 Å². The number of nitrogens with zero attached hydrogens (tertiary/aromatic N) is 2. The average Bonchev–Trinajstić information content (AvgIpc) is 2.41. The largest absolute Gasteiger partial charge is 0.481 e. The summed E-state index contributed by atoms with van der Waals surface area (Å²) in [5, 5.41) is 8.75. The van der Waals surface area contributed by atoms with E-state index in [0.29, 0.717) is 5.88 Å². The number of hydrogen-bond acceptors (Lipinski definition) is 4. The molecule has 1 N–H and O–H groups in total. The monoisotopic (exact) mass is 260 g/mol. The third-order valence-electron chi connectivity index (χ3n) is 2.57. The molecule has 98 valence electrons. The van der Waals surface area contributed by atoms with Gasteiger partial charge in [0.25, 0.3) is 5.56 Å². The van der Waals surface area contributed by atoms with Crippen molar-refractivity contribution in [2.45, 2.75) is 6.54 Å². The first kappa shape index (κ1) is 12.8. The molecule has 0 saturated carbocycles. The van der Waals surface area contributed by atoms with E-state index in [2.05, 4.69) is 4.98 Å². The van der Waals surface area contributed by atoms with Gasteiger partial charge in [-0.1, -0.05) is 0 Å². The van der Waals surface area contributed by atoms with Crippen molar-refractivity contribution in [3.63, 3.8) is 0 Å². The molecule has 2 rings (SSSR count). The van der Waals surface area contributed by atoms with Crippen LogP contribution in [0, 0.1) is 0 Å². The summed E-state index contributed by atoms with van der Waals surface area (Å²) in [5.41, 5.74) is 1.17. The summed E-state index contributed by atoms with van der Waals surface area (Å²) in [5.74, 6) is -0.611. The van der Waals surface area contributed by atoms with Crippen molar-refractivity contribution < 1.29 is 14.6 Å². The van der Waals surface area contributed by atoms with Crippen LogP contribution in [0.25, 0.3) is 11.1 Å². The van der Waals surface area contributed by atoms with E-state index in [-0.39, 0.29) is 12.1 Å². The van der Waals surface area contributed by atoms with Gasteiger partial charge in [-0.3, -0.25) is 9.59 Å². The lowest BCUT2D eigenvalue weighted by atomic mass is 10.1. The molecular formula is C13H12N2O4. The molecule has 0 aliphatic heterocycles. The van der Waals surface area contributed by atoms with E-state index < -0.39 is 5.97 Å². The van der Waals surface area contributed by atoms with Crippen LogP contribution in [-0.2, 0) is 11.3 Å². The van der Waals surface area contributed by atoms with Crippen molar-refractivity contribution in [3.8, 4) is 17.0 Å². The highest BCUT2D eigenvalue weighted by molar-refractivity contribution is 5.67. The third kappa shape index (κ3) is 2.98. The summed E-state index contributed by atoms with van der Waals surface area (Å²) in [6.45, 7) is -0.366. The zero-order valence-electron chi connectivity index (χ0n) is 10.2. The SMILES string of the molecule is COc1cc(-c2ccc(=O)n(CC(=O)O)c2)ccn1. The smallest absolute Gasteiger partial charge is 0.323 e. The van der Waals surface area contributed by atoms with Crippen molar-refractivity contribution in [1.29, 1.82) is 0 Å². The number of aliphatic carboxylic acids is 1. The van der Waals surface area contributed by atoms with Crippen LogP contribution in [0.1, 0.15) is 0 Å². The van der Waals surface area contributed by atoms with E-state index >= 15 is 0 Å². The van der Waals surface area contributed by atoms with Crippen molar-refractivity contribution in [2.75, 3.05) is 7.11 Å². The lowest BCUT2D eigenvalue weighted by molar-refractivity contribution is -0.137. The van der Waals surface area contributed by atoms with E-state index in [4.69, 9.17) is 9.84 Å². The fraction of sp³-hybridized carbons (Fsp3) is 0.154. The molecule has 19 heavy (non-hydrogen) atoms. The summed E-state index contributed by atoms with van der Waals surface area (Å²) in [6, 6.07) is 6.44. The van der Waals surface area contributed by atoms with E-state index in [0.717, 1.165) is 15.7 Å². The summed E-state index contributed by atoms with van der Waals surface area (Å²) >= 11 is 0. The molecule has 0 aromatic carbocycles. The zero-order valence-corrected chi connectivity index (χ0v) is 10.2. The highest BCUT2D eigenvalue weighted by atomic mass is 16.5. The topological polar surface area (TPSA) is 81.4 Å². The lowest BCUT2D eigenvalue weighted by Crippen LogP contribution is -2.22. The van der Waals surface area contributed by atoms with Gasteiger partial charge in [-0.2, -0.15) is 0 Å². The Morgan fingerprint density at radius 1 is 1.37 bits per heavy atom. The van der Waals surface area contributed by atoms with Crippen molar-refractivity contribution in [3.05, 3.63) is 47.0 Å². The molecule has 0 spiro atoms. The molecule has 0 atom stereocenters. The number of aromatic nitrogens is 2. The number of ether oxygens (including phenoxy) is 1. The van der Waals surface area contributed by atoms with Crippen LogP contribution in [0.3, 0.4) is 0 Å². The Labute approximate surface area is 108 Å². The van der Waals surface area contributed by atoms with Gasteiger partial charge in [0.2, 0.25) is 5.88 Å². The number of methoxy groups -OCH3 is 1. The minimum Gasteiger partial charge on any atom is -0.481 e. The van der Waals surface area contributed by atoms with Gasteiger partial charge in [0, 0.05) is 24.5 Å². The Morgan fingerprint density at radius 2 is 2.16 bits per heavy atom. The Balaban J connectivity index is 2.44. The van der Waals surface area contributed by atoms with Crippen LogP contribution < -0.4 is 10.3 Å². The van der Waals surface area contributed by atoms with E-state index in [1.54, 1.807) is 24.4 Å². The summed E-state index contributed by atoms with van der Waals surface area (Å²) < 4.78 is 6.16. The van der Waals surface area contributed by atoms with Gasteiger partial charge in [0.15, 0.2) is 0 Å². The fourth-order valence-electron chi connectivity index (χ4n) is 1.67. The molecule has 0 amide bonds. The highest BCUT2D eigenvalue weighted by Gasteiger charge is 2.05. The Morgan fingerprint density at radius 3 is 2.84 bits per heavy atom. The maximum Gasteiger partial charge on any atom is 0.323 e. The van der Waals surface area contributed by atoms with Crippen LogP contribution in [0.2, 0.25) is 0 Å². The van der Waals surface area contributed by atoms with Gasteiger partial charge in [-0.25, -0.2) is 4.98 Å². The first-order valence-electron chi connectivity index (χ1n) is 5.53. The average molecular weight is 260 g/mol. The van der Waals surface area contributed by atoms with Gasteiger partial charge in [0.05, 0.1) is 7.11 Å².